The molecule has 4 rings (SSSR count). The second-order valence-corrected chi connectivity index (χ2v) is 6.58. The lowest BCUT2D eigenvalue weighted by atomic mass is 10.1. The van der Waals surface area contributed by atoms with Crippen molar-refractivity contribution in [3.05, 3.63) is 76.8 Å². The number of nitrogens with one attached hydrogen (secondary N) is 1. The summed E-state index contributed by atoms with van der Waals surface area (Å²) in [6.07, 6.45) is 3.82. The maximum absolute atomic E-state index is 11.8. The predicted octanol–water partition coefficient (Wildman–Crippen LogP) is 4.01. The minimum absolute atomic E-state index is 0.320. The number of thioether (sulfide) groups is 1. The average molecular weight is 334 g/mol. The number of amides is 2. The average Bonchev–Trinajstić information content (AvgIpc) is 3.09. The Balaban J connectivity index is 1.78. The Morgan fingerprint density at radius 2 is 1.75 bits per heavy atom. The van der Waals surface area contributed by atoms with E-state index >= 15 is 0 Å². The molecule has 1 aliphatic heterocycles. The summed E-state index contributed by atoms with van der Waals surface area (Å²) in [6, 6.07) is 18.3. The summed E-state index contributed by atoms with van der Waals surface area (Å²) in [5, 5.41) is 3.04. The summed E-state index contributed by atoms with van der Waals surface area (Å²) in [4.78, 5) is 23.6. The van der Waals surface area contributed by atoms with Crippen LogP contribution in [-0.4, -0.2) is 15.7 Å². The summed E-state index contributed by atoms with van der Waals surface area (Å²) in [7, 11) is 0. The fraction of sp³-hybridized carbons (Fsp3) is 0.0526. The summed E-state index contributed by atoms with van der Waals surface area (Å²) in [5.41, 5.74) is 3.25. The van der Waals surface area contributed by atoms with Crippen molar-refractivity contribution in [1.82, 2.24) is 9.88 Å². The van der Waals surface area contributed by atoms with Crippen LogP contribution < -0.4 is 5.32 Å². The van der Waals surface area contributed by atoms with Gasteiger partial charge in [0.05, 0.1) is 4.91 Å². The van der Waals surface area contributed by atoms with Crippen molar-refractivity contribution in [1.29, 1.82) is 0 Å². The van der Waals surface area contributed by atoms with Crippen LogP contribution in [0.2, 0.25) is 0 Å². The molecule has 0 bridgehead atoms. The molecule has 1 aliphatic rings. The van der Waals surface area contributed by atoms with Crippen molar-refractivity contribution in [3.63, 3.8) is 0 Å². The standard InChI is InChI=1S/C19H14N2O2S/c22-18-17(24-19(23)20-18)10-14-12-21(11-13-6-2-1-3-7-13)16-9-5-4-8-15(14)16/h1-10,12H,11H2,(H,20,22,23). The van der Waals surface area contributed by atoms with Gasteiger partial charge in [-0.3, -0.25) is 14.9 Å². The highest BCUT2D eigenvalue weighted by molar-refractivity contribution is 8.18. The molecule has 1 saturated heterocycles. The number of carbonyl (C=O) groups is 2. The van der Waals surface area contributed by atoms with E-state index in [1.54, 1.807) is 6.08 Å². The first kappa shape index (κ1) is 14.8. The third-order valence-corrected chi connectivity index (χ3v) is 4.75. The van der Waals surface area contributed by atoms with Gasteiger partial charge in [0.25, 0.3) is 11.1 Å². The Kier molecular flexibility index (Phi) is 3.70. The lowest BCUT2D eigenvalue weighted by Crippen LogP contribution is -2.17. The largest absolute Gasteiger partial charge is 0.342 e. The molecule has 2 aromatic carbocycles. The maximum atomic E-state index is 11.8. The molecule has 3 aromatic rings. The fourth-order valence-corrected chi connectivity index (χ4v) is 3.54. The second-order valence-electron chi connectivity index (χ2n) is 5.57. The number of nitrogens with zero attached hydrogens (tertiary/aromatic N) is 1. The number of para-hydroxylation sites is 1. The molecule has 24 heavy (non-hydrogen) atoms. The van der Waals surface area contributed by atoms with Crippen LogP contribution in [0.1, 0.15) is 11.1 Å². The van der Waals surface area contributed by atoms with Gasteiger partial charge in [-0.05, 0) is 29.5 Å². The first-order chi connectivity index (χ1) is 11.7. The van der Waals surface area contributed by atoms with Crippen LogP contribution >= 0.6 is 11.8 Å². The number of hydrogen-bond donors (Lipinski definition) is 1. The van der Waals surface area contributed by atoms with Crippen molar-refractivity contribution in [2.75, 3.05) is 0 Å². The van der Waals surface area contributed by atoms with E-state index in [1.165, 1.54) is 5.56 Å². The molecule has 4 nitrogen and oxygen atoms in total. The highest BCUT2D eigenvalue weighted by atomic mass is 32.2. The predicted molar refractivity (Wildman–Crippen MR) is 96.6 cm³/mol. The van der Waals surface area contributed by atoms with E-state index in [0.29, 0.717) is 4.91 Å². The molecule has 0 aliphatic carbocycles. The van der Waals surface area contributed by atoms with Crippen LogP contribution in [0, 0.1) is 0 Å². The minimum Gasteiger partial charge on any atom is -0.342 e. The molecule has 0 radical (unpaired) electrons. The molecule has 1 N–H and O–H groups in total. The molecule has 2 amide bonds. The normalized spacial score (nSPS) is 16.1. The fourth-order valence-electron chi connectivity index (χ4n) is 2.86. The molecule has 0 saturated carbocycles. The second kappa shape index (κ2) is 6.02. The van der Waals surface area contributed by atoms with Gasteiger partial charge in [0.1, 0.15) is 0 Å². The van der Waals surface area contributed by atoms with Crippen LogP contribution in [0.25, 0.3) is 17.0 Å². The van der Waals surface area contributed by atoms with Crippen molar-refractivity contribution >= 4 is 39.9 Å². The van der Waals surface area contributed by atoms with E-state index < -0.39 is 0 Å². The number of imide groups is 1. The number of aromatic nitrogens is 1. The minimum atomic E-state index is -0.329. The Hall–Kier alpha value is -2.79. The molecule has 0 spiro atoms. The van der Waals surface area contributed by atoms with Crippen LogP contribution in [0.15, 0.2) is 65.7 Å². The van der Waals surface area contributed by atoms with Gasteiger partial charge >= 0.3 is 0 Å². The van der Waals surface area contributed by atoms with Crippen LogP contribution in [0.3, 0.4) is 0 Å². The molecule has 118 valence electrons. The molecular formula is C19H14N2O2S. The number of rotatable bonds is 3. The van der Waals surface area contributed by atoms with Gasteiger partial charge in [-0.1, -0.05) is 48.5 Å². The SMILES string of the molecule is O=C1NC(=O)C(=Cc2cn(Cc3ccccc3)c3ccccc23)S1. The van der Waals surface area contributed by atoms with Crippen LogP contribution in [-0.2, 0) is 11.3 Å². The molecule has 0 unspecified atom stereocenters. The first-order valence-electron chi connectivity index (χ1n) is 7.57. The molecule has 1 aromatic heterocycles. The quantitative estimate of drug-likeness (QED) is 0.736. The first-order valence-corrected chi connectivity index (χ1v) is 8.39. The highest BCUT2D eigenvalue weighted by Gasteiger charge is 2.25. The van der Waals surface area contributed by atoms with E-state index in [0.717, 1.165) is 34.8 Å². The van der Waals surface area contributed by atoms with Gasteiger partial charge in [0.15, 0.2) is 0 Å². The lowest BCUT2D eigenvalue weighted by Gasteiger charge is -2.05. The van der Waals surface area contributed by atoms with Gasteiger partial charge in [0.2, 0.25) is 0 Å². The Bertz CT molecular complexity index is 973. The molecule has 2 heterocycles. The van der Waals surface area contributed by atoms with E-state index in [4.69, 9.17) is 0 Å². The summed E-state index contributed by atoms with van der Waals surface area (Å²) in [6.45, 7) is 0.753. The van der Waals surface area contributed by atoms with E-state index in [1.807, 2.05) is 42.6 Å². The molecule has 5 heteroatoms. The van der Waals surface area contributed by atoms with Crippen molar-refractivity contribution in [2.24, 2.45) is 0 Å². The molecule has 1 fully saturated rings. The van der Waals surface area contributed by atoms with Gasteiger partial charge in [-0.15, -0.1) is 0 Å². The zero-order valence-corrected chi connectivity index (χ0v) is 13.5. The van der Waals surface area contributed by atoms with Crippen molar-refractivity contribution in [2.45, 2.75) is 6.54 Å². The number of hydrogen-bond acceptors (Lipinski definition) is 3. The lowest BCUT2D eigenvalue weighted by molar-refractivity contribution is -0.115. The van der Waals surface area contributed by atoms with Crippen LogP contribution in [0.5, 0.6) is 0 Å². The van der Waals surface area contributed by atoms with Gasteiger partial charge in [0, 0.05) is 29.2 Å². The topological polar surface area (TPSA) is 51.1 Å². The third kappa shape index (κ3) is 2.74. The van der Waals surface area contributed by atoms with Crippen molar-refractivity contribution in [3.8, 4) is 0 Å². The number of carbonyl (C=O) groups excluding carboxylic acids is 2. The van der Waals surface area contributed by atoms with Crippen molar-refractivity contribution < 1.29 is 9.59 Å². The summed E-state index contributed by atoms with van der Waals surface area (Å²) >= 11 is 0.943. The maximum Gasteiger partial charge on any atom is 0.290 e. The Morgan fingerprint density at radius 3 is 2.50 bits per heavy atom. The zero-order valence-electron chi connectivity index (χ0n) is 12.7. The molecular weight excluding hydrogens is 320 g/mol. The van der Waals surface area contributed by atoms with E-state index in [2.05, 4.69) is 28.1 Å². The smallest absolute Gasteiger partial charge is 0.290 e. The van der Waals surface area contributed by atoms with E-state index in [9.17, 15) is 9.59 Å². The third-order valence-electron chi connectivity index (χ3n) is 3.94. The van der Waals surface area contributed by atoms with Gasteiger partial charge in [-0.2, -0.15) is 0 Å². The highest BCUT2D eigenvalue weighted by Crippen LogP contribution is 2.30. The summed E-state index contributed by atoms with van der Waals surface area (Å²) < 4.78 is 2.16. The summed E-state index contributed by atoms with van der Waals surface area (Å²) in [5.74, 6) is -0.329. The zero-order chi connectivity index (χ0) is 16.5. The van der Waals surface area contributed by atoms with Gasteiger partial charge in [-0.25, -0.2) is 0 Å². The Labute approximate surface area is 143 Å². The monoisotopic (exact) mass is 334 g/mol. The van der Waals surface area contributed by atoms with E-state index in [-0.39, 0.29) is 11.1 Å². The Morgan fingerprint density at radius 1 is 1.00 bits per heavy atom. The number of fused-ring (bicyclic) bond motifs is 1. The van der Waals surface area contributed by atoms with Gasteiger partial charge < -0.3 is 4.57 Å². The number of benzene rings is 2. The molecule has 0 atom stereocenters. The van der Waals surface area contributed by atoms with Crippen LogP contribution in [0.4, 0.5) is 4.79 Å².